The molecule has 0 amide bonds. The number of methoxy groups -OCH3 is 1. The van der Waals surface area contributed by atoms with Crippen LogP contribution in [-0.4, -0.2) is 48.8 Å². The highest BCUT2D eigenvalue weighted by molar-refractivity contribution is 5.94. The Morgan fingerprint density at radius 3 is 2.38 bits per heavy atom. The van der Waals surface area contributed by atoms with Crippen LogP contribution < -0.4 is 0 Å². The molecule has 0 fully saturated rings. The number of benzene rings is 1. The summed E-state index contributed by atoms with van der Waals surface area (Å²) in [7, 11) is 3.25. The molecule has 0 heterocycles. The zero-order valence-electron chi connectivity index (χ0n) is 13.5. The van der Waals surface area contributed by atoms with Crippen molar-refractivity contribution in [1.29, 1.82) is 0 Å². The maximum atomic E-state index is 12.0. The van der Waals surface area contributed by atoms with Crippen LogP contribution in [0, 0.1) is 6.92 Å². The van der Waals surface area contributed by atoms with Crippen molar-refractivity contribution >= 4 is 12.0 Å². The second kappa shape index (κ2) is 7.38. The molecular weight excluding hydrogens is 266 g/mol. The molecule has 0 atom stereocenters. The minimum atomic E-state index is -0.402. The third kappa shape index (κ3) is 4.99. The average Bonchev–Trinajstić information content (AvgIpc) is 2.47. The molecule has 0 saturated carbocycles. The quantitative estimate of drug-likeness (QED) is 0.645. The number of carbonyl (C=O) groups excluding carboxylic acids is 1. The van der Waals surface area contributed by atoms with Crippen molar-refractivity contribution in [3.63, 3.8) is 0 Å². The topological polar surface area (TPSA) is 49.8 Å². The largest absolute Gasteiger partial charge is 0.466 e. The molecule has 116 valence electrons. The van der Waals surface area contributed by atoms with Gasteiger partial charge in [-0.3, -0.25) is 4.90 Å². The molecule has 1 aromatic rings. The van der Waals surface area contributed by atoms with Gasteiger partial charge in [-0.25, -0.2) is 4.79 Å². The maximum Gasteiger partial charge on any atom is 0.335 e. The number of esters is 1. The molecule has 0 aliphatic carbocycles. The van der Waals surface area contributed by atoms with Crippen LogP contribution in [0.3, 0.4) is 0 Å². The van der Waals surface area contributed by atoms with Crippen LogP contribution in [0.1, 0.15) is 25.0 Å². The van der Waals surface area contributed by atoms with E-state index >= 15 is 0 Å². The van der Waals surface area contributed by atoms with Gasteiger partial charge in [0.2, 0.25) is 0 Å². The summed E-state index contributed by atoms with van der Waals surface area (Å²) < 4.78 is 4.86. The molecule has 0 aromatic heterocycles. The van der Waals surface area contributed by atoms with Gasteiger partial charge in [0.15, 0.2) is 0 Å². The van der Waals surface area contributed by atoms with Crippen LogP contribution >= 0.6 is 0 Å². The normalized spacial score (nSPS) is 12.6. The number of nitrogens with zero attached hydrogens (tertiary/aromatic N) is 1. The molecule has 1 rings (SSSR count). The first-order chi connectivity index (χ1) is 9.80. The molecular formula is C17H25NO3. The SMILES string of the molecule is COC(=O)/C(=C\c1ccc(C)cc1)CN(C)C(C)(C)CO. The summed E-state index contributed by atoms with van der Waals surface area (Å²) in [4.78, 5) is 13.9. The fourth-order valence-corrected chi connectivity index (χ4v) is 1.75. The number of rotatable bonds is 6. The van der Waals surface area contributed by atoms with E-state index in [9.17, 15) is 9.90 Å². The van der Waals surface area contributed by atoms with Gasteiger partial charge in [0.25, 0.3) is 0 Å². The lowest BCUT2D eigenvalue weighted by molar-refractivity contribution is -0.136. The van der Waals surface area contributed by atoms with E-state index in [1.165, 1.54) is 12.7 Å². The lowest BCUT2D eigenvalue weighted by Crippen LogP contribution is -2.45. The Morgan fingerprint density at radius 2 is 1.90 bits per heavy atom. The predicted molar refractivity (Wildman–Crippen MR) is 85.0 cm³/mol. The van der Waals surface area contributed by atoms with Crippen LogP contribution in [0.25, 0.3) is 6.08 Å². The average molecular weight is 291 g/mol. The fourth-order valence-electron chi connectivity index (χ4n) is 1.75. The van der Waals surface area contributed by atoms with Crippen molar-refractivity contribution in [3.8, 4) is 0 Å². The third-order valence-corrected chi connectivity index (χ3v) is 3.69. The number of hydrogen-bond acceptors (Lipinski definition) is 4. The summed E-state index contributed by atoms with van der Waals surface area (Å²) in [5, 5.41) is 9.42. The van der Waals surface area contributed by atoms with Gasteiger partial charge in [0, 0.05) is 12.1 Å². The zero-order chi connectivity index (χ0) is 16.0. The highest BCUT2D eigenvalue weighted by Crippen LogP contribution is 2.16. The van der Waals surface area contributed by atoms with E-state index in [-0.39, 0.29) is 12.6 Å². The second-order valence-electron chi connectivity index (χ2n) is 5.90. The van der Waals surface area contributed by atoms with Gasteiger partial charge in [-0.15, -0.1) is 0 Å². The highest BCUT2D eigenvalue weighted by Gasteiger charge is 2.25. The van der Waals surface area contributed by atoms with E-state index in [4.69, 9.17) is 4.74 Å². The molecule has 0 bridgehead atoms. The van der Waals surface area contributed by atoms with Crippen LogP contribution in [-0.2, 0) is 9.53 Å². The van der Waals surface area contributed by atoms with Crippen molar-refractivity contribution < 1.29 is 14.6 Å². The van der Waals surface area contributed by atoms with E-state index in [1.807, 2.05) is 63.1 Å². The molecule has 1 aromatic carbocycles. The molecule has 0 unspecified atom stereocenters. The minimum Gasteiger partial charge on any atom is -0.466 e. The number of ether oxygens (including phenoxy) is 1. The number of aliphatic hydroxyl groups is 1. The van der Waals surface area contributed by atoms with Gasteiger partial charge in [0.05, 0.1) is 19.3 Å². The predicted octanol–water partition coefficient (Wildman–Crippen LogP) is 2.25. The molecule has 0 aliphatic heterocycles. The summed E-state index contributed by atoms with van der Waals surface area (Å²) >= 11 is 0. The van der Waals surface area contributed by atoms with E-state index < -0.39 is 5.54 Å². The standard InChI is InChI=1S/C17H25NO3/c1-13-6-8-14(9-7-13)10-15(16(20)21-5)11-18(4)17(2,3)12-19/h6-10,19H,11-12H2,1-5H3/b15-10-. The monoisotopic (exact) mass is 291 g/mol. The minimum absolute atomic E-state index is 0.0164. The summed E-state index contributed by atoms with van der Waals surface area (Å²) in [5.41, 5.74) is 2.28. The van der Waals surface area contributed by atoms with Crippen molar-refractivity contribution in [2.75, 3.05) is 27.3 Å². The lowest BCUT2D eigenvalue weighted by Gasteiger charge is -2.34. The number of aryl methyl sites for hydroxylation is 1. The Bertz CT molecular complexity index is 503. The van der Waals surface area contributed by atoms with Crippen LogP contribution in [0.15, 0.2) is 29.8 Å². The van der Waals surface area contributed by atoms with Crippen LogP contribution in [0.5, 0.6) is 0 Å². The molecule has 0 aliphatic rings. The highest BCUT2D eigenvalue weighted by atomic mass is 16.5. The van der Waals surface area contributed by atoms with Gasteiger partial charge in [-0.2, -0.15) is 0 Å². The van der Waals surface area contributed by atoms with Gasteiger partial charge >= 0.3 is 5.97 Å². The molecule has 21 heavy (non-hydrogen) atoms. The van der Waals surface area contributed by atoms with Crippen LogP contribution in [0.4, 0.5) is 0 Å². The number of likely N-dealkylation sites (N-methyl/N-ethyl adjacent to an activating group) is 1. The smallest absolute Gasteiger partial charge is 0.335 e. The van der Waals surface area contributed by atoms with Gasteiger partial charge in [0.1, 0.15) is 0 Å². The Kier molecular flexibility index (Phi) is 6.12. The summed E-state index contributed by atoms with van der Waals surface area (Å²) in [5.74, 6) is -0.351. The molecule has 4 nitrogen and oxygen atoms in total. The van der Waals surface area contributed by atoms with E-state index in [1.54, 1.807) is 0 Å². The van der Waals surface area contributed by atoms with Crippen molar-refractivity contribution in [3.05, 3.63) is 41.0 Å². The first-order valence-electron chi connectivity index (χ1n) is 6.98. The second-order valence-corrected chi connectivity index (χ2v) is 5.90. The van der Waals surface area contributed by atoms with Gasteiger partial charge in [-0.1, -0.05) is 29.8 Å². The molecule has 0 radical (unpaired) electrons. The van der Waals surface area contributed by atoms with E-state index in [0.717, 1.165) is 5.56 Å². The Labute approximate surface area is 127 Å². The maximum absolute atomic E-state index is 12.0. The number of hydrogen-bond donors (Lipinski definition) is 1. The molecule has 0 saturated heterocycles. The number of aliphatic hydroxyl groups excluding tert-OH is 1. The van der Waals surface area contributed by atoms with E-state index in [2.05, 4.69) is 0 Å². The van der Waals surface area contributed by atoms with Crippen molar-refractivity contribution in [2.24, 2.45) is 0 Å². The van der Waals surface area contributed by atoms with E-state index in [0.29, 0.717) is 12.1 Å². The summed E-state index contributed by atoms with van der Waals surface area (Å²) in [6.45, 7) is 6.30. The van der Waals surface area contributed by atoms with Crippen molar-refractivity contribution in [1.82, 2.24) is 4.90 Å². The molecule has 4 heteroatoms. The first-order valence-corrected chi connectivity index (χ1v) is 6.98. The third-order valence-electron chi connectivity index (χ3n) is 3.69. The zero-order valence-corrected chi connectivity index (χ0v) is 13.5. The summed E-state index contributed by atoms with van der Waals surface area (Å²) in [6, 6.07) is 7.94. The summed E-state index contributed by atoms with van der Waals surface area (Å²) in [6.07, 6.45) is 1.83. The van der Waals surface area contributed by atoms with Gasteiger partial charge in [-0.05, 0) is 39.5 Å². The molecule has 0 spiro atoms. The molecule has 1 N–H and O–H groups in total. The van der Waals surface area contributed by atoms with Crippen LogP contribution in [0.2, 0.25) is 0 Å². The van der Waals surface area contributed by atoms with Crippen molar-refractivity contribution in [2.45, 2.75) is 26.3 Å². The lowest BCUT2D eigenvalue weighted by atomic mass is 10.0. The number of carbonyl (C=O) groups is 1. The Balaban J connectivity index is 3.01. The Hall–Kier alpha value is -1.65. The Morgan fingerprint density at radius 1 is 1.33 bits per heavy atom. The van der Waals surface area contributed by atoms with Gasteiger partial charge < -0.3 is 9.84 Å². The first kappa shape index (κ1) is 17.4. The fraction of sp³-hybridized carbons (Fsp3) is 0.471.